The van der Waals surface area contributed by atoms with Crippen molar-refractivity contribution in [1.82, 2.24) is 0 Å². The number of nitrogens with zero attached hydrogens (tertiary/aromatic N) is 3. The van der Waals surface area contributed by atoms with Gasteiger partial charge in [-0.2, -0.15) is 0 Å². The summed E-state index contributed by atoms with van der Waals surface area (Å²) in [5.74, 6) is 0. The molecule has 0 aliphatic rings. The molecule has 0 saturated heterocycles. The van der Waals surface area contributed by atoms with Crippen molar-refractivity contribution in [3.05, 3.63) is 108 Å². The molecule has 0 bridgehead atoms. The third-order valence-corrected chi connectivity index (χ3v) is 12.4. The zero-order chi connectivity index (χ0) is 34.8. The quantitative estimate of drug-likeness (QED) is 0.0942. The first-order valence-corrected chi connectivity index (χ1v) is 19.2. The second-order valence-electron chi connectivity index (χ2n) is 14.2. The predicted octanol–water partition coefficient (Wildman–Crippen LogP) is 10.8. The molecule has 4 aromatic carbocycles. The van der Waals surface area contributed by atoms with Gasteiger partial charge in [0.05, 0.1) is 58.9 Å². The molecule has 0 N–H and O–H groups in total. The molecule has 0 fully saturated rings. The minimum Gasteiger partial charge on any atom is -0.321 e. The Morgan fingerprint density at radius 1 is 0.271 bits per heavy atom. The Balaban J connectivity index is 1.73. The van der Waals surface area contributed by atoms with Crippen molar-refractivity contribution < 1.29 is 13.4 Å². The van der Waals surface area contributed by atoms with Crippen LogP contribution in [0.25, 0.3) is 33.4 Å². The lowest BCUT2D eigenvalue weighted by molar-refractivity contribution is -0.936. The van der Waals surface area contributed by atoms with Crippen LogP contribution in [-0.2, 0) is 19.6 Å². The molecule has 48 heavy (non-hydrogen) atoms. The average molecular weight is 649 g/mol. The van der Waals surface area contributed by atoms with E-state index < -0.39 is 0 Å². The minimum atomic E-state index is 1.09. The van der Waals surface area contributed by atoms with Crippen molar-refractivity contribution in [2.75, 3.05) is 58.9 Å². The van der Waals surface area contributed by atoms with Crippen molar-refractivity contribution in [1.29, 1.82) is 0 Å². The van der Waals surface area contributed by atoms with E-state index in [1.807, 2.05) is 0 Å². The first-order valence-electron chi connectivity index (χ1n) is 19.2. The summed E-state index contributed by atoms with van der Waals surface area (Å²) in [6.45, 7) is 34.7. The van der Waals surface area contributed by atoms with Gasteiger partial charge in [0.2, 0.25) is 0 Å². The van der Waals surface area contributed by atoms with Gasteiger partial charge in [-0.3, -0.25) is 0 Å². The van der Waals surface area contributed by atoms with Crippen LogP contribution in [0.4, 0.5) is 0 Å². The van der Waals surface area contributed by atoms with Crippen LogP contribution in [0.15, 0.2) is 91.0 Å². The Hall–Kier alpha value is -3.24. The van der Waals surface area contributed by atoms with E-state index in [1.165, 1.54) is 109 Å². The summed E-state index contributed by atoms with van der Waals surface area (Å²) in [6.07, 6.45) is 0. The molecule has 4 aromatic rings. The van der Waals surface area contributed by atoms with Crippen LogP contribution in [0.1, 0.15) is 79.0 Å². The van der Waals surface area contributed by atoms with E-state index in [4.69, 9.17) is 0 Å². The highest BCUT2D eigenvalue weighted by Crippen LogP contribution is 2.34. The monoisotopic (exact) mass is 649 g/mol. The van der Waals surface area contributed by atoms with Crippen molar-refractivity contribution >= 4 is 0 Å². The van der Waals surface area contributed by atoms with Gasteiger partial charge >= 0.3 is 0 Å². The molecule has 0 heterocycles. The molecule has 0 aliphatic carbocycles. The summed E-state index contributed by atoms with van der Waals surface area (Å²) in [6, 6.07) is 35.4. The molecular weight excluding hydrogens is 583 g/mol. The number of hydrogen-bond donors (Lipinski definition) is 0. The SMILES string of the molecule is CC[N+](CC)(CC)Cc1ccc(-c2cc(-c3ccc(C[N+](CC)(CC)CC)cc3)cc(-c3ccc(C[N+](CC)(CC)CC)cc3)c2)cc1. The Morgan fingerprint density at radius 3 is 0.625 bits per heavy atom. The maximum Gasteiger partial charge on any atom is 0.104 e. The topological polar surface area (TPSA) is 0 Å². The van der Waals surface area contributed by atoms with Gasteiger partial charge in [0.25, 0.3) is 0 Å². The Morgan fingerprint density at radius 2 is 0.458 bits per heavy atom. The van der Waals surface area contributed by atoms with Gasteiger partial charge in [-0.25, -0.2) is 0 Å². The van der Waals surface area contributed by atoms with Crippen molar-refractivity contribution in [2.45, 2.75) is 81.9 Å². The molecule has 258 valence electrons. The second kappa shape index (κ2) is 16.9. The summed E-state index contributed by atoms with van der Waals surface area (Å²) in [5, 5.41) is 0. The van der Waals surface area contributed by atoms with Gasteiger partial charge < -0.3 is 13.4 Å². The van der Waals surface area contributed by atoms with Crippen molar-refractivity contribution in [3.8, 4) is 33.4 Å². The zero-order valence-corrected chi connectivity index (χ0v) is 32.0. The largest absolute Gasteiger partial charge is 0.321 e. The van der Waals surface area contributed by atoms with E-state index in [0.717, 1.165) is 33.1 Å². The smallest absolute Gasteiger partial charge is 0.104 e. The maximum absolute atomic E-state index is 2.40. The molecule has 0 amide bonds. The van der Waals surface area contributed by atoms with Crippen LogP contribution < -0.4 is 0 Å². The predicted molar refractivity (Wildman–Crippen MR) is 210 cm³/mol. The van der Waals surface area contributed by atoms with Gasteiger partial charge in [-0.15, -0.1) is 0 Å². The molecule has 0 atom stereocenters. The van der Waals surface area contributed by atoms with E-state index in [-0.39, 0.29) is 0 Å². The van der Waals surface area contributed by atoms with Gasteiger partial charge in [-0.05, 0) is 114 Å². The molecule has 0 unspecified atom stereocenters. The highest BCUT2D eigenvalue weighted by atomic mass is 15.3. The minimum absolute atomic E-state index is 1.09. The molecule has 3 nitrogen and oxygen atoms in total. The fraction of sp³-hybridized carbons (Fsp3) is 0.467. The third kappa shape index (κ3) is 8.67. The van der Waals surface area contributed by atoms with Crippen LogP contribution in [0.3, 0.4) is 0 Å². The number of rotatable bonds is 18. The molecular formula is C45H66N3+3. The molecule has 0 aliphatic heterocycles. The van der Waals surface area contributed by atoms with E-state index in [1.54, 1.807) is 0 Å². The highest BCUT2D eigenvalue weighted by Gasteiger charge is 2.23. The van der Waals surface area contributed by atoms with E-state index in [0.29, 0.717) is 0 Å². The number of benzene rings is 4. The average Bonchev–Trinajstić information content (AvgIpc) is 3.16. The molecule has 0 aromatic heterocycles. The van der Waals surface area contributed by atoms with Crippen molar-refractivity contribution in [2.24, 2.45) is 0 Å². The third-order valence-electron chi connectivity index (χ3n) is 12.4. The normalized spacial score (nSPS) is 12.4. The first-order chi connectivity index (χ1) is 23.2. The standard InChI is InChI=1S/C45H66N3/c1-10-46(11-2,12-3)34-37-19-25-40(26-20-37)43-31-44(41-27-21-38(22-28-41)35-47(13-4,14-5)15-6)33-45(32-43)42-29-23-39(24-30-42)36-48(16-7,17-8)18-9/h19-33H,10-18,34-36H2,1-9H3/q+3. The van der Waals surface area contributed by atoms with Crippen LogP contribution >= 0.6 is 0 Å². The number of quaternary nitrogens is 3. The fourth-order valence-corrected chi connectivity index (χ4v) is 7.72. The second-order valence-corrected chi connectivity index (χ2v) is 14.2. The summed E-state index contributed by atoms with van der Waals surface area (Å²) in [7, 11) is 0. The summed E-state index contributed by atoms with van der Waals surface area (Å²) >= 11 is 0. The summed E-state index contributed by atoms with van der Waals surface area (Å²) in [4.78, 5) is 0. The highest BCUT2D eigenvalue weighted by molar-refractivity contribution is 5.81. The van der Waals surface area contributed by atoms with Gasteiger partial charge in [0.1, 0.15) is 19.6 Å². The maximum atomic E-state index is 2.40. The van der Waals surface area contributed by atoms with Crippen LogP contribution in [0.5, 0.6) is 0 Å². The van der Waals surface area contributed by atoms with Gasteiger partial charge in [0.15, 0.2) is 0 Å². The lowest BCUT2D eigenvalue weighted by atomic mass is 9.92. The molecule has 0 saturated carbocycles. The zero-order valence-electron chi connectivity index (χ0n) is 32.0. The number of hydrogen-bond acceptors (Lipinski definition) is 0. The van der Waals surface area contributed by atoms with Crippen molar-refractivity contribution in [3.63, 3.8) is 0 Å². The van der Waals surface area contributed by atoms with Gasteiger partial charge in [0, 0.05) is 16.7 Å². The van der Waals surface area contributed by atoms with Gasteiger partial charge in [-0.1, -0.05) is 72.8 Å². The lowest BCUT2D eigenvalue weighted by Gasteiger charge is -2.36. The fourth-order valence-electron chi connectivity index (χ4n) is 7.72. The first kappa shape index (κ1) is 37.6. The van der Waals surface area contributed by atoms with E-state index >= 15 is 0 Å². The Bertz CT molecular complexity index is 1310. The molecule has 0 spiro atoms. The molecule has 3 heteroatoms. The van der Waals surface area contributed by atoms with Crippen LogP contribution in [0.2, 0.25) is 0 Å². The van der Waals surface area contributed by atoms with Crippen LogP contribution in [-0.4, -0.2) is 72.4 Å². The molecule has 0 radical (unpaired) electrons. The van der Waals surface area contributed by atoms with Crippen LogP contribution in [0, 0.1) is 0 Å². The Labute approximate surface area is 294 Å². The van der Waals surface area contributed by atoms with E-state index in [9.17, 15) is 0 Å². The summed E-state index contributed by atoms with van der Waals surface area (Å²) < 4.78 is 3.40. The Kier molecular flexibility index (Phi) is 13.2. The van der Waals surface area contributed by atoms with E-state index in [2.05, 4.69) is 153 Å². The summed E-state index contributed by atoms with van der Waals surface area (Å²) in [5.41, 5.74) is 12.0. The lowest BCUT2D eigenvalue weighted by Crippen LogP contribution is -2.46. The molecule has 4 rings (SSSR count).